The first-order valence-electron chi connectivity index (χ1n) is 9.28. The number of hydrogen-bond acceptors (Lipinski definition) is 5. The number of carbonyl (C=O) groups is 1. The van der Waals surface area contributed by atoms with E-state index < -0.39 is 10.0 Å². The normalized spacial score (nSPS) is 15.9. The Morgan fingerprint density at radius 2 is 1.93 bits per heavy atom. The lowest BCUT2D eigenvalue weighted by molar-refractivity contribution is 0.0374. The van der Waals surface area contributed by atoms with Crippen LogP contribution in [0.1, 0.15) is 30.6 Å². The third-order valence-corrected chi connectivity index (χ3v) is 7.09. The van der Waals surface area contributed by atoms with Gasteiger partial charge in [-0.1, -0.05) is 25.4 Å². The molecule has 0 spiro atoms. The van der Waals surface area contributed by atoms with Crippen LogP contribution < -0.4 is 5.32 Å². The van der Waals surface area contributed by atoms with Crippen molar-refractivity contribution in [2.45, 2.75) is 25.2 Å². The Labute approximate surface area is 166 Å². The molecule has 1 heterocycles. The van der Waals surface area contributed by atoms with Crippen LogP contribution in [0.5, 0.6) is 0 Å². The summed E-state index contributed by atoms with van der Waals surface area (Å²) in [5, 5.41) is 2.96. The van der Waals surface area contributed by atoms with Crippen LogP contribution in [0.15, 0.2) is 23.1 Å². The molecule has 0 radical (unpaired) electrons. The van der Waals surface area contributed by atoms with Gasteiger partial charge in [0, 0.05) is 38.3 Å². The molecule has 0 unspecified atom stereocenters. The first kappa shape index (κ1) is 22.1. The molecule has 1 aliphatic heterocycles. The van der Waals surface area contributed by atoms with Crippen LogP contribution in [0.4, 0.5) is 0 Å². The molecule has 1 aliphatic rings. The van der Waals surface area contributed by atoms with Crippen molar-refractivity contribution in [2.75, 3.05) is 52.5 Å². The van der Waals surface area contributed by atoms with E-state index in [1.807, 2.05) is 0 Å². The molecule has 27 heavy (non-hydrogen) atoms. The van der Waals surface area contributed by atoms with Gasteiger partial charge in [0.2, 0.25) is 10.0 Å². The van der Waals surface area contributed by atoms with Gasteiger partial charge < -0.3 is 10.1 Å². The Balaban J connectivity index is 1.98. The maximum atomic E-state index is 12.7. The van der Waals surface area contributed by atoms with E-state index in [1.165, 1.54) is 16.4 Å². The Bertz CT molecular complexity index is 732. The standard InChI is InChI=1S/C18H28ClN3O4S/c1-3-22(4-2)27(24,25)17-14-15(6-7-16(17)19)18(23)20-8-5-9-21-10-12-26-13-11-21/h6-7,14H,3-5,8-13H2,1-2H3,(H,20,23). The summed E-state index contributed by atoms with van der Waals surface area (Å²) in [6.07, 6.45) is 0.823. The topological polar surface area (TPSA) is 79.0 Å². The molecule has 1 fully saturated rings. The molecular formula is C18H28ClN3O4S. The summed E-state index contributed by atoms with van der Waals surface area (Å²) in [4.78, 5) is 14.7. The van der Waals surface area contributed by atoms with E-state index >= 15 is 0 Å². The highest BCUT2D eigenvalue weighted by Crippen LogP contribution is 2.25. The number of benzene rings is 1. The van der Waals surface area contributed by atoms with Crippen LogP contribution in [-0.2, 0) is 14.8 Å². The van der Waals surface area contributed by atoms with Crippen molar-refractivity contribution in [3.63, 3.8) is 0 Å². The number of hydrogen-bond donors (Lipinski definition) is 1. The molecule has 0 aromatic heterocycles. The zero-order valence-corrected chi connectivity index (χ0v) is 17.5. The van der Waals surface area contributed by atoms with Crippen molar-refractivity contribution in [1.29, 1.82) is 0 Å². The smallest absolute Gasteiger partial charge is 0.251 e. The van der Waals surface area contributed by atoms with E-state index in [1.54, 1.807) is 19.9 Å². The second-order valence-corrected chi connectivity index (χ2v) is 8.61. The van der Waals surface area contributed by atoms with Crippen molar-refractivity contribution < 1.29 is 17.9 Å². The first-order chi connectivity index (χ1) is 12.9. The quantitative estimate of drug-likeness (QED) is 0.620. The number of ether oxygens (including phenoxy) is 1. The molecule has 2 rings (SSSR count). The van der Waals surface area contributed by atoms with Crippen LogP contribution in [0.25, 0.3) is 0 Å². The van der Waals surface area contributed by atoms with Crippen molar-refractivity contribution >= 4 is 27.5 Å². The summed E-state index contributed by atoms with van der Waals surface area (Å²) < 4.78 is 32.1. The minimum Gasteiger partial charge on any atom is -0.379 e. The Kier molecular flexibility index (Phi) is 8.50. The fourth-order valence-corrected chi connectivity index (χ4v) is 4.93. The van der Waals surface area contributed by atoms with Gasteiger partial charge in [0.25, 0.3) is 5.91 Å². The zero-order chi connectivity index (χ0) is 19.9. The van der Waals surface area contributed by atoms with Crippen molar-refractivity contribution in [2.24, 2.45) is 0 Å². The van der Waals surface area contributed by atoms with Crippen LogP contribution in [0, 0.1) is 0 Å². The SMILES string of the molecule is CCN(CC)S(=O)(=O)c1cc(C(=O)NCCCN2CCOCC2)ccc1Cl. The lowest BCUT2D eigenvalue weighted by atomic mass is 10.2. The summed E-state index contributed by atoms with van der Waals surface area (Å²) in [5.41, 5.74) is 0.288. The molecule has 0 atom stereocenters. The van der Waals surface area contributed by atoms with E-state index in [2.05, 4.69) is 10.2 Å². The second kappa shape index (κ2) is 10.4. The van der Waals surface area contributed by atoms with Gasteiger partial charge in [0.05, 0.1) is 18.2 Å². The third kappa shape index (κ3) is 5.89. The third-order valence-electron chi connectivity index (χ3n) is 4.56. The molecule has 1 amide bonds. The van der Waals surface area contributed by atoms with Gasteiger partial charge in [-0.15, -0.1) is 0 Å². The van der Waals surface area contributed by atoms with E-state index in [0.29, 0.717) is 19.6 Å². The van der Waals surface area contributed by atoms with E-state index in [0.717, 1.165) is 39.3 Å². The molecule has 1 saturated heterocycles. The summed E-state index contributed by atoms with van der Waals surface area (Å²) in [7, 11) is -3.72. The highest BCUT2D eigenvalue weighted by atomic mass is 35.5. The summed E-state index contributed by atoms with van der Waals surface area (Å²) >= 11 is 6.10. The molecular weight excluding hydrogens is 390 g/mol. The number of halogens is 1. The number of nitrogens with one attached hydrogen (secondary N) is 1. The predicted molar refractivity (Wildman–Crippen MR) is 106 cm³/mol. The minimum atomic E-state index is -3.72. The van der Waals surface area contributed by atoms with Gasteiger partial charge in [-0.3, -0.25) is 9.69 Å². The van der Waals surface area contributed by atoms with Gasteiger partial charge in [-0.2, -0.15) is 4.31 Å². The van der Waals surface area contributed by atoms with Crippen molar-refractivity contribution in [3.05, 3.63) is 28.8 Å². The van der Waals surface area contributed by atoms with Crippen molar-refractivity contribution in [3.8, 4) is 0 Å². The largest absolute Gasteiger partial charge is 0.379 e. The number of rotatable bonds is 9. The van der Waals surface area contributed by atoms with Gasteiger partial charge >= 0.3 is 0 Å². The van der Waals surface area contributed by atoms with Gasteiger partial charge in [0.15, 0.2) is 0 Å². The van der Waals surface area contributed by atoms with Crippen LogP contribution in [-0.4, -0.2) is 76.0 Å². The highest BCUT2D eigenvalue weighted by Gasteiger charge is 2.25. The molecule has 0 bridgehead atoms. The number of carbonyl (C=O) groups excluding carboxylic acids is 1. The van der Waals surface area contributed by atoms with Gasteiger partial charge in [0.1, 0.15) is 4.90 Å². The van der Waals surface area contributed by atoms with Gasteiger partial charge in [-0.05, 0) is 31.2 Å². The molecule has 9 heteroatoms. The fourth-order valence-electron chi connectivity index (χ4n) is 2.98. The molecule has 0 aliphatic carbocycles. The number of morpholine rings is 1. The van der Waals surface area contributed by atoms with Crippen LogP contribution in [0.2, 0.25) is 5.02 Å². The van der Waals surface area contributed by atoms with Crippen LogP contribution in [0.3, 0.4) is 0 Å². The molecule has 1 aromatic carbocycles. The Morgan fingerprint density at radius 3 is 2.56 bits per heavy atom. The summed E-state index contributed by atoms with van der Waals surface area (Å²) in [6, 6.07) is 4.36. The summed E-state index contributed by atoms with van der Waals surface area (Å²) in [5.74, 6) is -0.301. The predicted octanol–water partition coefficient (Wildman–Crippen LogP) is 1.82. The second-order valence-electron chi connectivity index (χ2n) is 6.30. The molecule has 0 saturated carbocycles. The lowest BCUT2D eigenvalue weighted by Crippen LogP contribution is -2.38. The number of nitrogens with zero attached hydrogens (tertiary/aromatic N) is 2. The maximum absolute atomic E-state index is 12.7. The van der Waals surface area contributed by atoms with Crippen LogP contribution >= 0.6 is 11.6 Å². The molecule has 152 valence electrons. The monoisotopic (exact) mass is 417 g/mol. The Morgan fingerprint density at radius 1 is 1.26 bits per heavy atom. The van der Waals surface area contributed by atoms with E-state index in [-0.39, 0.29) is 21.4 Å². The first-order valence-corrected chi connectivity index (χ1v) is 11.1. The molecule has 1 aromatic rings. The zero-order valence-electron chi connectivity index (χ0n) is 15.9. The molecule has 1 N–H and O–H groups in total. The average molecular weight is 418 g/mol. The van der Waals surface area contributed by atoms with Crippen molar-refractivity contribution in [1.82, 2.24) is 14.5 Å². The average Bonchev–Trinajstić information content (AvgIpc) is 2.67. The molecule has 7 nitrogen and oxygen atoms in total. The minimum absolute atomic E-state index is 0.0335. The lowest BCUT2D eigenvalue weighted by Gasteiger charge is -2.26. The Hall–Kier alpha value is -1.19. The highest BCUT2D eigenvalue weighted by molar-refractivity contribution is 7.89. The summed E-state index contributed by atoms with van der Waals surface area (Å²) in [6.45, 7) is 8.96. The van der Waals surface area contributed by atoms with E-state index in [4.69, 9.17) is 16.3 Å². The van der Waals surface area contributed by atoms with E-state index in [9.17, 15) is 13.2 Å². The number of sulfonamides is 1. The number of amides is 1. The fraction of sp³-hybridized carbons (Fsp3) is 0.611. The van der Waals surface area contributed by atoms with Gasteiger partial charge in [-0.25, -0.2) is 8.42 Å². The maximum Gasteiger partial charge on any atom is 0.251 e.